The highest BCUT2D eigenvalue weighted by molar-refractivity contribution is 7.85. The van der Waals surface area contributed by atoms with Crippen molar-refractivity contribution < 1.29 is 8.95 Å². The second kappa shape index (κ2) is 6.16. The van der Waals surface area contributed by atoms with Gasteiger partial charge in [0.15, 0.2) is 0 Å². The number of hydrogen-bond acceptors (Lipinski definition) is 4. The van der Waals surface area contributed by atoms with Crippen molar-refractivity contribution in [1.82, 2.24) is 9.55 Å². The van der Waals surface area contributed by atoms with Crippen molar-refractivity contribution in [3.63, 3.8) is 0 Å². The van der Waals surface area contributed by atoms with Gasteiger partial charge in [-0.25, -0.2) is 4.98 Å². The Morgan fingerprint density at radius 2 is 2.35 bits per heavy atom. The summed E-state index contributed by atoms with van der Waals surface area (Å²) in [5, 5.41) is 3.25. The van der Waals surface area contributed by atoms with Gasteiger partial charge in [-0.2, -0.15) is 0 Å². The summed E-state index contributed by atoms with van der Waals surface area (Å²) in [6.07, 6.45) is 5.75. The molecule has 1 aromatic rings. The van der Waals surface area contributed by atoms with E-state index in [-0.39, 0.29) is 0 Å². The van der Waals surface area contributed by atoms with Crippen LogP contribution in [0.1, 0.15) is 18.9 Å². The molecule has 5 nitrogen and oxygen atoms in total. The van der Waals surface area contributed by atoms with E-state index in [9.17, 15) is 4.21 Å². The van der Waals surface area contributed by atoms with Crippen molar-refractivity contribution >= 4 is 16.7 Å². The molecule has 0 unspecified atom stereocenters. The van der Waals surface area contributed by atoms with Gasteiger partial charge in [-0.3, -0.25) is 4.21 Å². The van der Waals surface area contributed by atoms with E-state index in [0.717, 1.165) is 36.8 Å². The number of ether oxygens (including phenoxy) is 1. The minimum absolute atomic E-state index is 0.431. The van der Waals surface area contributed by atoms with Gasteiger partial charge >= 0.3 is 0 Å². The molecule has 0 radical (unpaired) electrons. The molecule has 96 valence electrons. The molecule has 1 aliphatic heterocycles. The Labute approximate surface area is 104 Å². The molecule has 1 saturated heterocycles. The van der Waals surface area contributed by atoms with Crippen LogP contribution >= 0.6 is 0 Å². The molecule has 0 atom stereocenters. The monoisotopic (exact) mass is 257 g/mol. The number of aromatic nitrogens is 2. The second-order valence-corrected chi connectivity index (χ2v) is 5.85. The van der Waals surface area contributed by atoms with E-state index >= 15 is 0 Å². The minimum Gasteiger partial charge on any atom is -0.383 e. The third-order valence-corrected chi connectivity index (χ3v) is 4.39. The van der Waals surface area contributed by atoms with Gasteiger partial charge in [0.2, 0.25) is 5.95 Å². The molecular weight excluding hydrogens is 238 g/mol. The third kappa shape index (κ3) is 3.29. The molecule has 1 aliphatic rings. The van der Waals surface area contributed by atoms with Crippen molar-refractivity contribution in [3.05, 3.63) is 12.4 Å². The Morgan fingerprint density at radius 1 is 1.59 bits per heavy atom. The largest absolute Gasteiger partial charge is 0.383 e. The first-order valence-corrected chi connectivity index (χ1v) is 7.40. The maximum absolute atomic E-state index is 11.3. The number of imidazole rings is 1. The maximum Gasteiger partial charge on any atom is 0.203 e. The van der Waals surface area contributed by atoms with E-state index in [0.29, 0.717) is 12.6 Å². The van der Waals surface area contributed by atoms with Gasteiger partial charge in [-0.05, 0) is 12.8 Å². The summed E-state index contributed by atoms with van der Waals surface area (Å²) in [5.74, 6) is 2.50. The Hall–Kier alpha value is -0.880. The van der Waals surface area contributed by atoms with Crippen LogP contribution < -0.4 is 5.32 Å². The normalized spacial score (nSPS) is 24.8. The van der Waals surface area contributed by atoms with Crippen molar-refractivity contribution in [2.24, 2.45) is 0 Å². The summed E-state index contributed by atoms with van der Waals surface area (Å²) in [6.45, 7) is 1.42. The number of nitrogens with one attached hydrogen (secondary N) is 1. The standard InChI is InChI=1S/C11H19N3O2S/c1-16-7-5-13-11-12-4-6-14(11)10-2-8-17(15)9-3-10/h4,6,10H,2-3,5,7-9H2,1H3,(H,12,13). The molecule has 6 heteroatoms. The quantitative estimate of drug-likeness (QED) is 0.800. The molecule has 2 rings (SSSR count). The SMILES string of the molecule is COCCNc1nccn1C1CCS(=O)CC1. The molecule has 1 aromatic heterocycles. The van der Waals surface area contributed by atoms with Gasteiger partial charge in [0, 0.05) is 54.4 Å². The van der Waals surface area contributed by atoms with Gasteiger partial charge in [0.1, 0.15) is 0 Å². The zero-order chi connectivity index (χ0) is 12.1. The van der Waals surface area contributed by atoms with E-state index in [1.54, 1.807) is 13.3 Å². The number of methoxy groups -OCH3 is 1. The van der Waals surface area contributed by atoms with E-state index in [4.69, 9.17) is 4.74 Å². The maximum atomic E-state index is 11.3. The molecule has 17 heavy (non-hydrogen) atoms. The van der Waals surface area contributed by atoms with E-state index in [1.165, 1.54) is 0 Å². The number of anilines is 1. The van der Waals surface area contributed by atoms with Gasteiger partial charge in [-0.1, -0.05) is 0 Å². The summed E-state index contributed by atoms with van der Waals surface area (Å²) in [5.41, 5.74) is 0. The summed E-state index contributed by atoms with van der Waals surface area (Å²) in [7, 11) is 1.08. The Bertz CT molecular complexity index is 371. The Kier molecular flexibility index (Phi) is 4.56. The molecule has 2 heterocycles. The molecule has 0 bridgehead atoms. The lowest BCUT2D eigenvalue weighted by Crippen LogP contribution is -2.23. The fraction of sp³-hybridized carbons (Fsp3) is 0.727. The fourth-order valence-corrected chi connectivity index (χ4v) is 3.34. The van der Waals surface area contributed by atoms with Crippen LogP contribution in [0, 0.1) is 0 Å². The highest BCUT2D eigenvalue weighted by Crippen LogP contribution is 2.25. The third-order valence-electron chi connectivity index (χ3n) is 3.01. The first-order valence-electron chi connectivity index (χ1n) is 5.92. The molecular formula is C11H19N3O2S. The van der Waals surface area contributed by atoms with E-state index in [1.807, 2.05) is 6.20 Å². The predicted molar refractivity (Wildman–Crippen MR) is 68.7 cm³/mol. The lowest BCUT2D eigenvalue weighted by atomic mass is 10.1. The van der Waals surface area contributed by atoms with Crippen molar-refractivity contribution in [2.75, 3.05) is 37.1 Å². The molecule has 0 amide bonds. The molecule has 0 spiro atoms. The number of rotatable bonds is 5. The van der Waals surface area contributed by atoms with Crippen LogP contribution in [0.15, 0.2) is 12.4 Å². The first-order chi connectivity index (χ1) is 8.31. The highest BCUT2D eigenvalue weighted by Gasteiger charge is 2.20. The van der Waals surface area contributed by atoms with Crippen LogP contribution in [-0.4, -0.2) is 45.5 Å². The van der Waals surface area contributed by atoms with Crippen molar-refractivity contribution in [3.8, 4) is 0 Å². The zero-order valence-corrected chi connectivity index (χ0v) is 10.9. The highest BCUT2D eigenvalue weighted by atomic mass is 32.2. The molecule has 0 saturated carbocycles. The van der Waals surface area contributed by atoms with Gasteiger partial charge in [0.25, 0.3) is 0 Å². The number of hydrogen-bond donors (Lipinski definition) is 1. The Morgan fingerprint density at radius 3 is 3.06 bits per heavy atom. The van der Waals surface area contributed by atoms with Crippen molar-refractivity contribution in [2.45, 2.75) is 18.9 Å². The number of nitrogens with zero attached hydrogens (tertiary/aromatic N) is 2. The van der Waals surface area contributed by atoms with E-state index < -0.39 is 10.8 Å². The predicted octanol–water partition coefficient (Wildman–Crippen LogP) is 1.02. The lowest BCUT2D eigenvalue weighted by molar-refractivity contribution is 0.210. The summed E-state index contributed by atoms with van der Waals surface area (Å²) in [4.78, 5) is 4.30. The Balaban J connectivity index is 1.95. The smallest absolute Gasteiger partial charge is 0.203 e. The lowest BCUT2D eigenvalue weighted by Gasteiger charge is -2.24. The summed E-state index contributed by atoms with van der Waals surface area (Å²) in [6, 6.07) is 0.431. The van der Waals surface area contributed by atoms with Crippen LogP contribution in [0.5, 0.6) is 0 Å². The zero-order valence-electron chi connectivity index (χ0n) is 10.1. The molecule has 0 aliphatic carbocycles. The molecule has 0 aromatic carbocycles. The fourth-order valence-electron chi connectivity index (χ4n) is 2.07. The molecule has 1 fully saturated rings. The van der Waals surface area contributed by atoms with Gasteiger partial charge in [-0.15, -0.1) is 0 Å². The van der Waals surface area contributed by atoms with Gasteiger partial charge < -0.3 is 14.6 Å². The topological polar surface area (TPSA) is 56.1 Å². The van der Waals surface area contributed by atoms with Crippen molar-refractivity contribution in [1.29, 1.82) is 0 Å². The van der Waals surface area contributed by atoms with Gasteiger partial charge in [0.05, 0.1) is 6.61 Å². The molecule has 1 N–H and O–H groups in total. The first kappa shape index (κ1) is 12.6. The van der Waals surface area contributed by atoms with Crippen LogP contribution in [0.2, 0.25) is 0 Å². The van der Waals surface area contributed by atoms with Crippen LogP contribution in [-0.2, 0) is 15.5 Å². The average molecular weight is 257 g/mol. The van der Waals surface area contributed by atoms with Crippen LogP contribution in [0.4, 0.5) is 5.95 Å². The second-order valence-electron chi connectivity index (χ2n) is 4.16. The van der Waals surface area contributed by atoms with E-state index in [2.05, 4.69) is 14.9 Å². The minimum atomic E-state index is -0.610. The van der Waals surface area contributed by atoms with Crippen LogP contribution in [0.25, 0.3) is 0 Å². The summed E-state index contributed by atoms with van der Waals surface area (Å²) < 4.78 is 18.5. The summed E-state index contributed by atoms with van der Waals surface area (Å²) >= 11 is 0. The van der Waals surface area contributed by atoms with Crippen LogP contribution in [0.3, 0.4) is 0 Å². The average Bonchev–Trinajstić information content (AvgIpc) is 2.79.